The topological polar surface area (TPSA) is 58.2 Å². The van der Waals surface area contributed by atoms with Gasteiger partial charge in [0.05, 0.1) is 0 Å². The smallest absolute Gasteiger partial charge is 0.251 e. The molecule has 2 N–H and O–H groups in total. The molecular formula is C22H22N2O2S. The minimum Gasteiger partial charge on any atom is -0.354 e. The molecule has 0 aliphatic rings. The van der Waals surface area contributed by atoms with Crippen LogP contribution in [0.5, 0.6) is 0 Å². The monoisotopic (exact) mass is 378 g/mol. The predicted molar refractivity (Wildman–Crippen MR) is 109 cm³/mol. The summed E-state index contributed by atoms with van der Waals surface area (Å²) in [5.74, 6) is -0.412. The molecular weight excluding hydrogens is 356 g/mol. The Hall–Kier alpha value is -2.92. The van der Waals surface area contributed by atoms with Crippen molar-refractivity contribution in [1.29, 1.82) is 0 Å². The first-order valence-electron chi connectivity index (χ1n) is 8.92. The molecule has 0 spiro atoms. The van der Waals surface area contributed by atoms with Crippen LogP contribution in [0.25, 0.3) is 0 Å². The van der Waals surface area contributed by atoms with Crippen molar-refractivity contribution in [1.82, 2.24) is 10.6 Å². The zero-order chi connectivity index (χ0) is 18.9. The SMILES string of the molecule is O=C(NC(Cc1ccccc1)C(=O)NCCc1cccs1)c1ccccc1. The number of carbonyl (C=O) groups is 2. The summed E-state index contributed by atoms with van der Waals surface area (Å²) < 4.78 is 0. The van der Waals surface area contributed by atoms with E-state index >= 15 is 0 Å². The molecule has 1 atom stereocenters. The van der Waals surface area contributed by atoms with E-state index in [1.54, 1.807) is 23.5 Å². The Bertz CT molecular complexity index is 849. The first-order chi connectivity index (χ1) is 13.2. The summed E-state index contributed by atoms with van der Waals surface area (Å²) in [6.07, 6.45) is 1.23. The molecule has 1 unspecified atom stereocenters. The van der Waals surface area contributed by atoms with Crippen molar-refractivity contribution < 1.29 is 9.59 Å². The molecule has 2 amide bonds. The first-order valence-corrected chi connectivity index (χ1v) is 9.80. The Kier molecular flexibility index (Phi) is 6.77. The van der Waals surface area contributed by atoms with Crippen LogP contribution >= 0.6 is 11.3 Å². The van der Waals surface area contributed by atoms with Crippen LogP contribution in [0.3, 0.4) is 0 Å². The number of thiophene rings is 1. The summed E-state index contributed by atoms with van der Waals surface area (Å²) in [5.41, 5.74) is 1.55. The van der Waals surface area contributed by atoms with Crippen molar-refractivity contribution in [2.45, 2.75) is 18.9 Å². The summed E-state index contributed by atoms with van der Waals surface area (Å²) in [5, 5.41) is 7.85. The summed E-state index contributed by atoms with van der Waals surface area (Å²) in [6.45, 7) is 0.547. The van der Waals surface area contributed by atoms with E-state index in [-0.39, 0.29) is 11.8 Å². The normalized spacial score (nSPS) is 11.6. The maximum Gasteiger partial charge on any atom is 0.251 e. The molecule has 138 valence electrons. The summed E-state index contributed by atoms with van der Waals surface area (Å²) >= 11 is 1.67. The average molecular weight is 378 g/mol. The molecule has 1 aromatic heterocycles. The molecule has 3 aromatic rings. The quantitative estimate of drug-likeness (QED) is 0.631. The number of nitrogens with one attached hydrogen (secondary N) is 2. The van der Waals surface area contributed by atoms with Crippen molar-refractivity contribution in [3.63, 3.8) is 0 Å². The van der Waals surface area contributed by atoms with Crippen LogP contribution in [0.15, 0.2) is 78.2 Å². The molecule has 0 saturated carbocycles. The lowest BCUT2D eigenvalue weighted by atomic mass is 10.0. The fourth-order valence-corrected chi connectivity index (χ4v) is 3.49. The Labute approximate surface area is 163 Å². The van der Waals surface area contributed by atoms with E-state index in [1.807, 2.05) is 60.0 Å². The van der Waals surface area contributed by atoms with Crippen LogP contribution in [-0.4, -0.2) is 24.4 Å². The maximum atomic E-state index is 12.7. The van der Waals surface area contributed by atoms with Crippen molar-refractivity contribution in [3.8, 4) is 0 Å². The third-order valence-electron chi connectivity index (χ3n) is 4.19. The van der Waals surface area contributed by atoms with Gasteiger partial charge in [-0.25, -0.2) is 0 Å². The molecule has 0 radical (unpaired) electrons. The van der Waals surface area contributed by atoms with Gasteiger partial charge in [0.1, 0.15) is 6.04 Å². The number of hydrogen-bond acceptors (Lipinski definition) is 3. The van der Waals surface area contributed by atoms with Crippen molar-refractivity contribution in [2.75, 3.05) is 6.54 Å². The Morgan fingerprint density at radius 1 is 0.889 bits per heavy atom. The standard InChI is InChI=1S/C22H22N2O2S/c25-21(18-10-5-2-6-11-18)24-20(16-17-8-3-1-4-9-17)22(26)23-14-13-19-12-7-15-27-19/h1-12,15,20H,13-14,16H2,(H,23,26)(H,24,25). The van der Waals surface area contributed by atoms with Gasteiger partial charge in [-0.15, -0.1) is 11.3 Å². The van der Waals surface area contributed by atoms with Gasteiger partial charge in [0.15, 0.2) is 0 Å². The van der Waals surface area contributed by atoms with Gasteiger partial charge in [0.2, 0.25) is 5.91 Å². The van der Waals surface area contributed by atoms with Crippen molar-refractivity contribution in [2.24, 2.45) is 0 Å². The minimum absolute atomic E-state index is 0.167. The zero-order valence-electron chi connectivity index (χ0n) is 14.9. The van der Waals surface area contributed by atoms with Crippen LogP contribution in [0.2, 0.25) is 0 Å². The lowest BCUT2D eigenvalue weighted by Crippen LogP contribution is -2.48. The van der Waals surface area contributed by atoms with Crippen LogP contribution in [0.1, 0.15) is 20.8 Å². The molecule has 0 aliphatic carbocycles. The Balaban J connectivity index is 1.64. The van der Waals surface area contributed by atoms with Crippen LogP contribution in [0.4, 0.5) is 0 Å². The highest BCUT2D eigenvalue weighted by Gasteiger charge is 2.21. The van der Waals surface area contributed by atoms with E-state index in [2.05, 4.69) is 16.7 Å². The van der Waals surface area contributed by atoms with Gasteiger partial charge in [-0.2, -0.15) is 0 Å². The van der Waals surface area contributed by atoms with Gasteiger partial charge >= 0.3 is 0 Å². The highest BCUT2D eigenvalue weighted by Crippen LogP contribution is 2.09. The number of benzene rings is 2. The third kappa shape index (κ3) is 5.79. The van der Waals surface area contributed by atoms with Crippen LogP contribution in [-0.2, 0) is 17.6 Å². The number of amides is 2. The summed E-state index contributed by atoms with van der Waals surface area (Å²) in [7, 11) is 0. The van der Waals surface area contributed by atoms with Crippen molar-refractivity contribution >= 4 is 23.2 Å². The number of hydrogen-bond donors (Lipinski definition) is 2. The van der Waals surface area contributed by atoms with Crippen LogP contribution < -0.4 is 10.6 Å². The minimum atomic E-state index is -0.622. The molecule has 5 heteroatoms. The predicted octanol–water partition coefficient (Wildman–Crippen LogP) is 3.45. The molecule has 0 saturated heterocycles. The second kappa shape index (κ2) is 9.69. The van der Waals surface area contributed by atoms with Gasteiger partial charge in [0, 0.05) is 23.4 Å². The largest absolute Gasteiger partial charge is 0.354 e. The highest BCUT2D eigenvalue weighted by molar-refractivity contribution is 7.09. The third-order valence-corrected chi connectivity index (χ3v) is 5.13. The van der Waals surface area contributed by atoms with E-state index < -0.39 is 6.04 Å². The van der Waals surface area contributed by atoms with Crippen molar-refractivity contribution in [3.05, 3.63) is 94.2 Å². The van der Waals surface area contributed by atoms with Gasteiger partial charge in [-0.3, -0.25) is 9.59 Å². The van der Waals surface area contributed by atoms with E-state index in [1.165, 1.54) is 4.88 Å². The molecule has 4 nitrogen and oxygen atoms in total. The molecule has 0 bridgehead atoms. The fraction of sp³-hybridized carbons (Fsp3) is 0.182. The second-order valence-corrected chi connectivity index (χ2v) is 7.23. The van der Waals surface area contributed by atoms with Gasteiger partial charge in [0.25, 0.3) is 5.91 Å². The fourth-order valence-electron chi connectivity index (χ4n) is 2.78. The highest BCUT2D eigenvalue weighted by atomic mass is 32.1. The zero-order valence-corrected chi connectivity index (χ0v) is 15.7. The maximum absolute atomic E-state index is 12.7. The van der Waals surface area contributed by atoms with Crippen LogP contribution in [0, 0.1) is 0 Å². The molecule has 1 heterocycles. The average Bonchev–Trinajstić information content (AvgIpc) is 3.22. The van der Waals surface area contributed by atoms with E-state index in [0.717, 1.165) is 12.0 Å². The lowest BCUT2D eigenvalue weighted by Gasteiger charge is -2.19. The Morgan fingerprint density at radius 3 is 2.26 bits per heavy atom. The van der Waals surface area contributed by atoms with E-state index in [9.17, 15) is 9.59 Å². The number of carbonyl (C=O) groups excluding carboxylic acids is 2. The number of rotatable bonds is 8. The Morgan fingerprint density at radius 2 is 1.59 bits per heavy atom. The first kappa shape index (κ1) is 18.9. The second-order valence-electron chi connectivity index (χ2n) is 6.20. The molecule has 2 aromatic carbocycles. The molecule has 0 aliphatic heterocycles. The molecule has 27 heavy (non-hydrogen) atoms. The van der Waals surface area contributed by atoms with E-state index in [4.69, 9.17) is 0 Å². The summed E-state index contributed by atoms with van der Waals surface area (Å²) in [6, 6.07) is 22.1. The van der Waals surface area contributed by atoms with Gasteiger partial charge in [-0.1, -0.05) is 54.6 Å². The summed E-state index contributed by atoms with van der Waals surface area (Å²) in [4.78, 5) is 26.5. The molecule has 0 fully saturated rings. The van der Waals surface area contributed by atoms with E-state index in [0.29, 0.717) is 18.5 Å². The lowest BCUT2D eigenvalue weighted by molar-refractivity contribution is -0.122. The van der Waals surface area contributed by atoms with Gasteiger partial charge in [-0.05, 0) is 35.6 Å². The molecule has 3 rings (SSSR count). The van der Waals surface area contributed by atoms with Gasteiger partial charge < -0.3 is 10.6 Å².